The molecule has 0 spiro atoms. The molecule has 27 heavy (non-hydrogen) atoms. The van der Waals surface area contributed by atoms with Crippen LogP contribution in [0.3, 0.4) is 0 Å². The smallest absolute Gasteiger partial charge is 0.328 e. The molecule has 0 amide bonds. The number of aromatic nitrogens is 2. The Morgan fingerprint density at radius 1 is 1.44 bits per heavy atom. The maximum atomic E-state index is 12.3. The third-order valence-corrected chi connectivity index (χ3v) is 10.6. The zero-order chi connectivity index (χ0) is 20.4. The van der Waals surface area contributed by atoms with Crippen LogP contribution in [0.4, 0.5) is 0 Å². The molecule has 0 aliphatic carbocycles. The van der Waals surface area contributed by atoms with Gasteiger partial charge >= 0.3 is 5.69 Å². The summed E-state index contributed by atoms with van der Waals surface area (Å²) in [5.41, 5.74) is -0.857. The van der Waals surface area contributed by atoms with Crippen molar-refractivity contribution < 1.29 is 13.9 Å². The Hall–Kier alpha value is -0.753. The Bertz CT molecular complexity index is 783. The van der Waals surface area contributed by atoms with Crippen molar-refractivity contribution in [1.29, 1.82) is 0 Å². The second-order valence-corrected chi connectivity index (χ2v) is 14.2. The molecule has 2 heterocycles. The van der Waals surface area contributed by atoms with Crippen molar-refractivity contribution in [2.24, 2.45) is 0 Å². The SMILES string of the molecule is C=CCOC1C(CO[Si](C)(C)C(C)(C)C)OCC1n1cc(I)c(=O)[nH]c1=O. The lowest BCUT2D eigenvalue weighted by atomic mass is 10.1. The Kier molecular flexibility index (Phi) is 7.28. The first-order chi connectivity index (χ1) is 12.5. The van der Waals surface area contributed by atoms with Gasteiger partial charge in [0.2, 0.25) is 0 Å². The van der Waals surface area contributed by atoms with E-state index in [2.05, 4.69) is 45.4 Å². The first-order valence-electron chi connectivity index (χ1n) is 8.97. The third-order valence-electron chi connectivity index (χ3n) is 5.33. The van der Waals surface area contributed by atoms with Gasteiger partial charge in [-0.15, -0.1) is 6.58 Å². The highest BCUT2D eigenvalue weighted by atomic mass is 127. The van der Waals surface area contributed by atoms with E-state index in [1.165, 1.54) is 4.57 Å². The van der Waals surface area contributed by atoms with Crippen LogP contribution < -0.4 is 11.2 Å². The molecule has 7 nitrogen and oxygen atoms in total. The van der Waals surface area contributed by atoms with E-state index >= 15 is 0 Å². The van der Waals surface area contributed by atoms with Gasteiger partial charge in [0.05, 0.1) is 29.4 Å². The topological polar surface area (TPSA) is 82.6 Å². The number of rotatable bonds is 7. The van der Waals surface area contributed by atoms with Crippen molar-refractivity contribution in [1.82, 2.24) is 9.55 Å². The number of nitrogens with one attached hydrogen (secondary N) is 1. The molecule has 1 aliphatic heterocycles. The Balaban J connectivity index is 2.24. The van der Waals surface area contributed by atoms with Gasteiger partial charge in [-0.1, -0.05) is 26.8 Å². The minimum Gasteiger partial charge on any atom is -0.414 e. The second-order valence-electron chi connectivity index (χ2n) is 8.24. The number of hydrogen-bond acceptors (Lipinski definition) is 5. The van der Waals surface area contributed by atoms with E-state index in [4.69, 9.17) is 13.9 Å². The van der Waals surface area contributed by atoms with E-state index in [9.17, 15) is 9.59 Å². The van der Waals surface area contributed by atoms with E-state index in [1.54, 1.807) is 12.3 Å². The Labute approximate surface area is 174 Å². The lowest BCUT2D eigenvalue weighted by molar-refractivity contribution is -0.0275. The number of aromatic amines is 1. The van der Waals surface area contributed by atoms with Crippen LogP contribution in [0.25, 0.3) is 0 Å². The highest BCUT2D eigenvalue weighted by molar-refractivity contribution is 14.1. The summed E-state index contributed by atoms with van der Waals surface area (Å²) in [6.45, 7) is 15.7. The summed E-state index contributed by atoms with van der Waals surface area (Å²) in [5, 5.41) is 0.0917. The summed E-state index contributed by atoms with van der Waals surface area (Å²) in [5.74, 6) is 0. The van der Waals surface area contributed by atoms with Crippen LogP contribution >= 0.6 is 22.6 Å². The molecule has 1 aromatic rings. The van der Waals surface area contributed by atoms with Gasteiger partial charge in [-0.25, -0.2) is 4.79 Å². The molecule has 2 rings (SSSR count). The summed E-state index contributed by atoms with van der Waals surface area (Å²) in [7, 11) is -1.93. The molecule has 1 fully saturated rings. The lowest BCUT2D eigenvalue weighted by Gasteiger charge is -2.37. The number of H-pyrrole nitrogens is 1. The quantitative estimate of drug-likeness (QED) is 0.348. The molecule has 1 saturated heterocycles. The molecule has 3 atom stereocenters. The Morgan fingerprint density at radius 3 is 2.70 bits per heavy atom. The van der Waals surface area contributed by atoms with Crippen molar-refractivity contribution in [3.63, 3.8) is 0 Å². The second kappa shape index (κ2) is 8.72. The minimum atomic E-state index is -1.93. The first kappa shape index (κ1) is 22.5. The van der Waals surface area contributed by atoms with Gasteiger partial charge in [0.25, 0.3) is 5.56 Å². The fourth-order valence-corrected chi connectivity index (χ4v) is 4.10. The Morgan fingerprint density at radius 2 is 2.11 bits per heavy atom. The number of ether oxygens (including phenoxy) is 2. The summed E-state index contributed by atoms with van der Waals surface area (Å²) in [6.07, 6.45) is 2.56. The summed E-state index contributed by atoms with van der Waals surface area (Å²) >= 11 is 1.91. The fraction of sp³-hybridized carbons (Fsp3) is 0.667. The van der Waals surface area contributed by atoms with E-state index in [0.717, 1.165) is 0 Å². The van der Waals surface area contributed by atoms with Crippen LogP contribution in [0.1, 0.15) is 26.8 Å². The molecular weight excluding hydrogens is 479 g/mol. The number of halogens is 1. The molecule has 0 saturated carbocycles. The molecule has 0 radical (unpaired) electrons. The number of nitrogens with zero attached hydrogens (tertiary/aromatic N) is 1. The van der Waals surface area contributed by atoms with Crippen molar-refractivity contribution in [3.05, 3.63) is 43.3 Å². The third kappa shape index (κ3) is 5.20. The fourth-order valence-electron chi connectivity index (χ4n) is 2.65. The van der Waals surface area contributed by atoms with Crippen LogP contribution in [-0.4, -0.2) is 49.9 Å². The predicted octanol–water partition coefficient (Wildman–Crippen LogP) is 2.67. The summed E-state index contributed by atoms with van der Waals surface area (Å²) in [4.78, 5) is 26.3. The van der Waals surface area contributed by atoms with Crippen molar-refractivity contribution in [3.8, 4) is 0 Å². The maximum Gasteiger partial charge on any atom is 0.328 e. The van der Waals surface area contributed by atoms with Crippen molar-refractivity contribution in [2.75, 3.05) is 19.8 Å². The zero-order valence-electron chi connectivity index (χ0n) is 16.6. The normalized spacial score (nSPS) is 23.6. The molecule has 0 aromatic carbocycles. The van der Waals surface area contributed by atoms with E-state index in [1.807, 2.05) is 22.6 Å². The molecule has 1 N–H and O–H groups in total. The van der Waals surface area contributed by atoms with Crippen LogP contribution in [0.2, 0.25) is 18.1 Å². The monoisotopic (exact) mass is 508 g/mol. The highest BCUT2D eigenvalue weighted by Gasteiger charge is 2.43. The summed E-state index contributed by atoms with van der Waals surface area (Å²) in [6, 6.07) is -0.337. The predicted molar refractivity (Wildman–Crippen MR) is 116 cm³/mol. The average molecular weight is 508 g/mol. The highest BCUT2D eigenvalue weighted by Crippen LogP contribution is 2.37. The maximum absolute atomic E-state index is 12.3. The van der Waals surface area contributed by atoms with Crippen molar-refractivity contribution >= 4 is 30.9 Å². The molecule has 9 heteroatoms. The van der Waals surface area contributed by atoms with Crippen LogP contribution in [0.15, 0.2) is 28.4 Å². The summed E-state index contributed by atoms with van der Waals surface area (Å²) < 4.78 is 20.1. The van der Waals surface area contributed by atoms with Crippen molar-refractivity contribution in [2.45, 2.75) is 57.2 Å². The molecule has 1 aliphatic rings. The van der Waals surface area contributed by atoms with Gasteiger partial charge in [0.1, 0.15) is 12.2 Å². The van der Waals surface area contributed by atoms with Gasteiger partial charge in [0, 0.05) is 6.20 Å². The molecule has 3 unspecified atom stereocenters. The van der Waals surface area contributed by atoms with Crippen LogP contribution in [0.5, 0.6) is 0 Å². The van der Waals surface area contributed by atoms with Crippen LogP contribution in [0, 0.1) is 3.57 Å². The van der Waals surface area contributed by atoms with Crippen LogP contribution in [-0.2, 0) is 13.9 Å². The number of hydrogen-bond donors (Lipinski definition) is 1. The molecule has 152 valence electrons. The minimum absolute atomic E-state index is 0.0917. The van der Waals surface area contributed by atoms with E-state index < -0.39 is 19.6 Å². The molecule has 1 aromatic heterocycles. The first-order valence-corrected chi connectivity index (χ1v) is 13.0. The standard InChI is InChI=1S/C18H29IN2O5Si/c1-7-8-24-15-13(21-9-12(19)16(22)20-17(21)23)10-25-14(15)11-26-27(5,6)18(2,3)4/h7,9,13-15H,1,8,10-11H2,2-6H3,(H,20,22,23). The average Bonchev–Trinajstić information content (AvgIpc) is 2.96. The van der Waals surface area contributed by atoms with Gasteiger partial charge in [-0.2, -0.15) is 0 Å². The largest absolute Gasteiger partial charge is 0.414 e. The lowest BCUT2D eigenvalue weighted by Crippen LogP contribution is -2.45. The zero-order valence-corrected chi connectivity index (χ0v) is 19.7. The van der Waals surface area contributed by atoms with E-state index in [-0.39, 0.29) is 23.3 Å². The van der Waals surface area contributed by atoms with Gasteiger partial charge in [-0.3, -0.25) is 14.3 Å². The molecule has 0 bridgehead atoms. The molecular formula is C18H29IN2O5Si. The van der Waals surface area contributed by atoms with E-state index in [0.29, 0.717) is 23.4 Å². The van der Waals surface area contributed by atoms with Gasteiger partial charge < -0.3 is 13.9 Å². The van der Waals surface area contributed by atoms with Gasteiger partial charge in [0.15, 0.2) is 8.32 Å². The van der Waals surface area contributed by atoms with Gasteiger partial charge in [-0.05, 0) is 40.7 Å².